The quantitative estimate of drug-likeness (QED) is 0.867. The largest absolute Gasteiger partial charge is 0.350 e. The maximum atomic E-state index is 11.2. The Morgan fingerprint density at radius 1 is 1.40 bits per heavy atom. The number of carbonyl (C=O) groups is 1. The Labute approximate surface area is 99.6 Å². The van der Waals surface area contributed by atoms with E-state index in [4.69, 9.17) is 23.2 Å². The minimum Gasteiger partial charge on any atom is -0.350 e. The third-order valence-electron chi connectivity index (χ3n) is 2.14. The van der Waals surface area contributed by atoms with Crippen LogP contribution in [0.4, 0.5) is 0 Å². The van der Waals surface area contributed by atoms with Crippen LogP contribution in [-0.4, -0.2) is 5.91 Å². The van der Waals surface area contributed by atoms with E-state index in [0.29, 0.717) is 16.5 Å². The van der Waals surface area contributed by atoms with Gasteiger partial charge in [0, 0.05) is 6.42 Å². The van der Waals surface area contributed by atoms with Gasteiger partial charge in [-0.1, -0.05) is 36.2 Å². The molecule has 0 saturated heterocycles. The zero-order valence-electron chi connectivity index (χ0n) is 8.68. The maximum absolute atomic E-state index is 11.2. The summed E-state index contributed by atoms with van der Waals surface area (Å²) < 4.78 is 0. The Bertz CT molecular complexity index is 366. The van der Waals surface area contributed by atoms with E-state index in [1.54, 1.807) is 12.1 Å². The molecule has 0 aromatic heterocycles. The lowest BCUT2D eigenvalue weighted by Gasteiger charge is -2.14. The number of amides is 1. The van der Waals surface area contributed by atoms with Crippen molar-refractivity contribution in [3.63, 3.8) is 0 Å². The molecular formula is C11H13Cl2NO. The van der Waals surface area contributed by atoms with Gasteiger partial charge in [0.2, 0.25) is 5.91 Å². The van der Waals surface area contributed by atoms with Gasteiger partial charge < -0.3 is 5.32 Å². The molecule has 1 N–H and O–H groups in total. The third-order valence-corrected chi connectivity index (χ3v) is 2.88. The fourth-order valence-corrected chi connectivity index (χ4v) is 1.52. The second-order valence-corrected chi connectivity index (χ2v) is 4.13. The molecule has 0 spiro atoms. The highest BCUT2D eigenvalue weighted by atomic mass is 35.5. The number of nitrogens with one attached hydrogen (secondary N) is 1. The SMILES string of the molecule is CCC(=O)NC(C)c1ccc(Cl)c(Cl)c1. The molecule has 1 amide bonds. The van der Waals surface area contributed by atoms with Crippen LogP contribution in [0.5, 0.6) is 0 Å². The zero-order chi connectivity index (χ0) is 11.4. The molecule has 0 bridgehead atoms. The van der Waals surface area contributed by atoms with Crippen LogP contribution < -0.4 is 5.32 Å². The molecule has 2 nitrogen and oxygen atoms in total. The van der Waals surface area contributed by atoms with Gasteiger partial charge in [0.25, 0.3) is 0 Å². The molecule has 15 heavy (non-hydrogen) atoms. The van der Waals surface area contributed by atoms with Gasteiger partial charge in [-0.15, -0.1) is 0 Å². The first-order valence-corrected chi connectivity index (χ1v) is 5.54. The lowest BCUT2D eigenvalue weighted by Crippen LogP contribution is -2.25. The van der Waals surface area contributed by atoms with Crippen molar-refractivity contribution >= 4 is 29.1 Å². The van der Waals surface area contributed by atoms with Gasteiger partial charge >= 0.3 is 0 Å². The summed E-state index contributed by atoms with van der Waals surface area (Å²) in [6.07, 6.45) is 0.478. The predicted octanol–water partition coefficient (Wildman–Crippen LogP) is 3.58. The molecule has 0 fully saturated rings. The van der Waals surface area contributed by atoms with Crippen LogP contribution in [0.3, 0.4) is 0 Å². The smallest absolute Gasteiger partial charge is 0.220 e. The fraction of sp³-hybridized carbons (Fsp3) is 0.364. The van der Waals surface area contributed by atoms with E-state index in [0.717, 1.165) is 5.56 Å². The number of carbonyl (C=O) groups excluding carboxylic acids is 1. The Morgan fingerprint density at radius 2 is 2.07 bits per heavy atom. The van der Waals surface area contributed by atoms with Gasteiger partial charge in [-0.3, -0.25) is 4.79 Å². The molecule has 1 rings (SSSR count). The van der Waals surface area contributed by atoms with Crippen molar-refractivity contribution in [3.05, 3.63) is 33.8 Å². The number of halogens is 2. The summed E-state index contributed by atoms with van der Waals surface area (Å²) in [5, 5.41) is 3.88. The predicted molar refractivity (Wildman–Crippen MR) is 63.3 cm³/mol. The van der Waals surface area contributed by atoms with Crippen molar-refractivity contribution in [2.24, 2.45) is 0 Å². The number of hydrogen-bond acceptors (Lipinski definition) is 1. The summed E-state index contributed by atoms with van der Waals surface area (Å²) >= 11 is 11.7. The number of rotatable bonds is 3. The van der Waals surface area contributed by atoms with Gasteiger partial charge in [-0.25, -0.2) is 0 Å². The molecule has 1 aromatic carbocycles. The summed E-state index contributed by atoms with van der Waals surface area (Å²) in [7, 11) is 0. The van der Waals surface area contributed by atoms with Crippen LogP contribution in [0, 0.1) is 0 Å². The average molecular weight is 246 g/mol. The highest BCUT2D eigenvalue weighted by Crippen LogP contribution is 2.25. The first-order valence-electron chi connectivity index (χ1n) is 4.79. The molecule has 1 aromatic rings. The Hall–Kier alpha value is -0.730. The van der Waals surface area contributed by atoms with Gasteiger partial charge in [0.1, 0.15) is 0 Å². The van der Waals surface area contributed by atoms with Crippen LogP contribution in [0.15, 0.2) is 18.2 Å². The average Bonchev–Trinajstić information content (AvgIpc) is 2.21. The van der Waals surface area contributed by atoms with Crippen LogP contribution in [0.2, 0.25) is 10.0 Å². The molecular weight excluding hydrogens is 233 g/mol. The first kappa shape index (κ1) is 12.3. The van der Waals surface area contributed by atoms with E-state index >= 15 is 0 Å². The Morgan fingerprint density at radius 3 is 2.60 bits per heavy atom. The number of benzene rings is 1. The van der Waals surface area contributed by atoms with Crippen LogP contribution in [0.1, 0.15) is 31.9 Å². The van der Waals surface area contributed by atoms with Crippen LogP contribution in [0.25, 0.3) is 0 Å². The molecule has 0 saturated carbocycles. The lowest BCUT2D eigenvalue weighted by molar-refractivity contribution is -0.121. The van der Waals surface area contributed by atoms with Crippen molar-refractivity contribution in [1.82, 2.24) is 5.32 Å². The van der Waals surface area contributed by atoms with Crippen molar-refractivity contribution < 1.29 is 4.79 Å². The molecule has 0 heterocycles. The van der Waals surface area contributed by atoms with Crippen molar-refractivity contribution in [2.75, 3.05) is 0 Å². The lowest BCUT2D eigenvalue weighted by atomic mass is 10.1. The van der Waals surface area contributed by atoms with E-state index in [-0.39, 0.29) is 11.9 Å². The van der Waals surface area contributed by atoms with E-state index in [2.05, 4.69) is 5.32 Å². The number of hydrogen-bond donors (Lipinski definition) is 1. The first-order chi connectivity index (χ1) is 7.04. The summed E-state index contributed by atoms with van der Waals surface area (Å²) in [4.78, 5) is 11.2. The van der Waals surface area contributed by atoms with E-state index in [1.165, 1.54) is 0 Å². The third kappa shape index (κ3) is 3.40. The highest BCUT2D eigenvalue weighted by Gasteiger charge is 2.09. The van der Waals surface area contributed by atoms with Gasteiger partial charge in [-0.2, -0.15) is 0 Å². The molecule has 1 atom stereocenters. The Kier molecular flexibility index (Phi) is 4.43. The molecule has 0 aliphatic rings. The van der Waals surface area contributed by atoms with Crippen LogP contribution in [-0.2, 0) is 4.79 Å². The monoisotopic (exact) mass is 245 g/mol. The second kappa shape index (κ2) is 5.38. The van der Waals surface area contributed by atoms with Gasteiger partial charge in [-0.05, 0) is 24.6 Å². The molecule has 0 aliphatic heterocycles. The molecule has 1 unspecified atom stereocenters. The van der Waals surface area contributed by atoms with Gasteiger partial charge in [0.05, 0.1) is 16.1 Å². The second-order valence-electron chi connectivity index (χ2n) is 3.32. The summed E-state index contributed by atoms with van der Waals surface area (Å²) in [6.45, 7) is 3.73. The summed E-state index contributed by atoms with van der Waals surface area (Å²) in [5.41, 5.74) is 0.950. The fourth-order valence-electron chi connectivity index (χ4n) is 1.21. The molecule has 4 heteroatoms. The summed E-state index contributed by atoms with van der Waals surface area (Å²) in [5.74, 6) is 0.0218. The van der Waals surface area contributed by atoms with Gasteiger partial charge in [0.15, 0.2) is 0 Å². The van der Waals surface area contributed by atoms with E-state index in [1.807, 2.05) is 19.9 Å². The highest BCUT2D eigenvalue weighted by molar-refractivity contribution is 6.42. The minimum absolute atomic E-state index is 0.0218. The van der Waals surface area contributed by atoms with Crippen molar-refractivity contribution in [1.29, 1.82) is 0 Å². The molecule has 0 aliphatic carbocycles. The van der Waals surface area contributed by atoms with Crippen molar-refractivity contribution in [2.45, 2.75) is 26.3 Å². The molecule has 82 valence electrons. The zero-order valence-corrected chi connectivity index (χ0v) is 10.2. The van der Waals surface area contributed by atoms with Crippen molar-refractivity contribution in [3.8, 4) is 0 Å². The molecule has 0 radical (unpaired) electrons. The van der Waals surface area contributed by atoms with Crippen LogP contribution >= 0.6 is 23.2 Å². The Balaban J connectivity index is 2.78. The topological polar surface area (TPSA) is 29.1 Å². The van der Waals surface area contributed by atoms with E-state index in [9.17, 15) is 4.79 Å². The van der Waals surface area contributed by atoms with E-state index < -0.39 is 0 Å². The maximum Gasteiger partial charge on any atom is 0.220 e. The minimum atomic E-state index is -0.0489. The summed E-state index contributed by atoms with van der Waals surface area (Å²) in [6, 6.07) is 5.31. The normalized spacial score (nSPS) is 12.3. The standard InChI is InChI=1S/C11H13Cl2NO/c1-3-11(15)14-7(2)8-4-5-9(12)10(13)6-8/h4-7H,3H2,1-2H3,(H,14,15).